The zero-order chi connectivity index (χ0) is 15.6. The van der Waals surface area contributed by atoms with Gasteiger partial charge < -0.3 is 14.2 Å². The Morgan fingerprint density at radius 3 is 2.65 bits per heavy atom. The van der Waals surface area contributed by atoms with E-state index in [9.17, 15) is 0 Å². The third kappa shape index (κ3) is 2.87. The Morgan fingerprint density at radius 2 is 1.87 bits per heavy atom. The fourth-order valence-corrected chi connectivity index (χ4v) is 2.96. The second kappa shape index (κ2) is 6.14. The van der Waals surface area contributed by atoms with Gasteiger partial charge >= 0.3 is 0 Å². The van der Waals surface area contributed by atoms with Crippen molar-refractivity contribution in [2.24, 2.45) is 0 Å². The number of benzene rings is 1. The molecule has 3 heterocycles. The van der Waals surface area contributed by atoms with Gasteiger partial charge in [0.15, 0.2) is 17.0 Å². The number of ether oxygens (including phenoxy) is 1. The van der Waals surface area contributed by atoms with Crippen LogP contribution in [0.5, 0.6) is 0 Å². The number of nitrogens with zero attached hydrogens (tertiary/aromatic N) is 5. The van der Waals surface area contributed by atoms with Crippen molar-refractivity contribution in [1.82, 2.24) is 19.5 Å². The molecule has 1 aromatic carbocycles. The molecule has 6 nitrogen and oxygen atoms in total. The van der Waals surface area contributed by atoms with Crippen molar-refractivity contribution < 1.29 is 4.74 Å². The lowest BCUT2D eigenvalue weighted by atomic mass is 10.2. The number of imidazole rings is 1. The molecule has 7 heteroatoms. The Bertz CT molecular complexity index is 814. The van der Waals surface area contributed by atoms with Gasteiger partial charge in [0.25, 0.3) is 0 Å². The van der Waals surface area contributed by atoms with Crippen LogP contribution in [0.3, 0.4) is 0 Å². The highest BCUT2D eigenvalue weighted by atomic mass is 35.5. The summed E-state index contributed by atoms with van der Waals surface area (Å²) in [5, 5.41) is 0.244. The Labute approximate surface area is 138 Å². The molecule has 1 saturated heterocycles. The summed E-state index contributed by atoms with van der Waals surface area (Å²) in [5.74, 6) is 0.787. The fourth-order valence-electron chi connectivity index (χ4n) is 2.79. The first-order chi connectivity index (χ1) is 11.3. The van der Waals surface area contributed by atoms with Gasteiger partial charge in [0.1, 0.15) is 0 Å². The molecule has 118 valence electrons. The van der Waals surface area contributed by atoms with Crippen LogP contribution in [-0.4, -0.2) is 45.8 Å². The average molecular weight is 330 g/mol. The van der Waals surface area contributed by atoms with Gasteiger partial charge in [-0.15, -0.1) is 0 Å². The number of halogens is 1. The summed E-state index contributed by atoms with van der Waals surface area (Å²) in [6.07, 6.45) is 1.80. The second-order valence-corrected chi connectivity index (χ2v) is 5.78. The highest BCUT2D eigenvalue weighted by Gasteiger charge is 2.20. The summed E-state index contributed by atoms with van der Waals surface area (Å²) in [6.45, 7) is 3.65. The fraction of sp³-hybridized carbons (Fsp3) is 0.312. The summed E-state index contributed by atoms with van der Waals surface area (Å²) < 4.78 is 7.41. The number of hydrogen-bond acceptors (Lipinski definition) is 5. The molecule has 0 atom stereocenters. The summed E-state index contributed by atoms with van der Waals surface area (Å²) in [5.41, 5.74) is 2.73. The van der Waals surface area contributed by atoms with Crippen LogP contribution < -0.4 is 4.90 Å². The molecule has 0 unspecified atom stereocenters. The van der Waals surface area contributed by atoms with Gasteiger partial charge in [-0.05, 0) is 17.2 Å². The minimum Gasteiger partial charge on any atom is -0.378 e. The van der Waals surface area contributed by atoms with Crippen molar-refractivity contribution >= 4 is 28.6 Å². The summed E-state index contributed by atoms with van der Waals surface area (Å²) >= 11 is 6.15. The SMILES string of the molecule is Clc1nc(N2CCOCC2)c2ncn(Cc3ccccc3)c2n1. The smallest absolute Gasteiger partial charge is 0.226 e. The molecule has 1 aliphatic rings. The highest BCUT2D eigenvalue weighted by Crippen LogP contribution is 2.25. The van der Waals surface area contributed by atoms with E-state index in [4.69, 9.17) is 16.3 Å². The molecular formula is C16H16ClN5O. The van der Waals surface area contributed by atoms with Crippen LogP contribution in [0.2, 0.25) is 5.28 Å². The summed E-state index contributed by atoms with van der Waals surface area (Å²) in [6, 6.07) is 10.2. The molecule has 23 heavy (non-hydrogen) atoms. The van der Waals surface area contributed by atoms with Crippen LogP contribution in [0.15, 0.2) is 36.7 Å². The van der Waals surface area contributed by atoms with Crippen molar-refractivity contribution in [3.63, 3.8) is 0 Å². The van der Waals surface area contributed by atoms with E-state index in [0.717, 1.165) is 30.1 Å². The first-order valence-corrected chi connectivity index (χ1v) is 7.94. The standard InChI is InChI=1S/C16H16ClN5O/c17-16-19-14(21-6-8-23-9-7-21)13-15(20-16)22(11-18-13)10-12-4-2-1-3-5-12/h1-5,11H,6-10H2. The molecule has 0 saturated carbocycles. The van der Waals surface area contributed by atoms with Crippen molar-refractivity contribution in [1.29, 1.82) is 0 Å². The van der Waals surface area contributed by atoms with Crippen molar-refractivity contribution in [2.45, 2.75) is 6.54 Å². The number of rotatable bonds is 3. The lowest BCUT2D eigenvalue weighted by Gasteiger charge is -2.27. The molecule has 2 aromatic heterocycles. The maximum Gasteiger partial charge on any atom is 0.226 e. The van der Waals surface area contributed by atoms with Gasteiger partial charge in [0.2, 0.25) is 5.28 Å². The minimum absolute atomic E-state index is 0.244. The molecule has 0 bridgehead atoms. The van der Waals surface area contributed by atoms with Crippen LogP contribution in [0.25, 0.3) is 11.2 Å². The molecule has 4 rings (SSSR count). The molecule has 0 aliphatic carbocycles. The Balaban J connectivity index is 1.75. The topological polar surface area (TPSA) is 56.1 Å². The van der Waals surface area contributed by atoms with E-state index in [-0.39, 0.29) is 5.28 Å². The van der Waals surface area contributed by atoms with Gasteiger partial charge in [-0.2, -0.15) is 9.97 Å². The molecular weight excluding hydrogens is 314 g/mol. The zero-order valence-corrected chi connectivity index (χ0v) is 13.3. The van der Waals surface area contributed by atoms with Crippen LogP contribution in [0, 0.1) is 0 Å². The number of hydrogen-bond donors (Lipinski definition) is 0. The number of morpholine rings is 1. The Morgan fingerprint density at radius 1 is 1.09 bits per heavy atom. The number of anilines is 1. The summed E-state index contributed by atoms with van der Waals surface area (Å²) in [7, 11) is 0. The monoisotopic (exact) mass is 329 g/mol. The average Bonchev–Trinajstić information content (AvgIpc) is 2.99. The van der Waals surface area contributed by atoms with Gasteiger partial charge in [-0.1, -0.05) is 30.3 Å². The van der Waals surface area contributed by atoms with E-state index in [2.05, 4.69) is 32.0 Å². The minimum atomic E-state index is 0.244. The molecule has 0 amide bonds. The summed E-state index contributed by atoms with van der Waals surface area (Å²) in [4.78, 5) is 15.5. The molecule has 1 fully saturated rings. The first kappa shape index (κ1) is 14.4. The van der Waals surface area contributed by atoms with E-state index in [1.54, 1.807) is 6.33 Å². The Hall–Kier alpha value is -2.18. The normalized spacial score (nSPS) is 15.3. The maximum absolute atomic E-state index is 6.15. The van der Waals surface area contributed by atoms with Crippen molar-refractivity contribution in [2.75, 3.05) is 31.2 Å². The van der Waals surface area contributed by atoms with E-state index in [0.29, 0.717) is 19.8 Å². The molecule has 0 N–H and O–H groups in total. The molecule has 0 spiro atoms. The number of aromatic nitrogens is 4. The predicted molar refractivity (Wildman–Crippen MR) is 88.9 cm³/mol. The predicted octanol–water partition coefficient (Wildman–Crippen LogP) is 2.36. The van der Waals surface area contributed by atoms with E-state index < -0.39 is 0 Å². The first-order valence-electron chi connectivity index (χ1n) is 7.56. The number of fused-ring (bicyclic) bond motifs is 1. The second-order valence-electron chi connectivity index (χ2n) is 5.45. The lowest BCUT2D eigenvalue weighted by molar-refractivity contribution is 0.122. The van der Waals surface area contributed by atoms with Crippen LogP contribution in [-0.2, 0) is 11.3 Å². The largest absolute Gasteiger partial charge is 0.378 e. The van der Waals surface area contributed by atoms with Crippen LogP contribution >= 0.6 is 11.6 Å². The van der Waals surface area contributed by atoms with Crippen LogP contribution in [0.1, 0.15) is 5.56 Å². The molecule has 1 aliphatic heterocycles. The lowest BCUT2D eigenvalue weighted by Crippen LogP contribution is -2.37. The molecule has 3 aromatic rings. The van der Waals surface area contributed by atoms with Gasteiger partial charge in [0, 0.05) is 13.1 Å². The molecule has 0 radical (unpaired) electrons. The van der Waals surface area contributed by atoms with Gasteiger partial charge in [-0.3, -0.25) is 0 Å². The van der Waals surface area contributed by atoms with E-state index in [1.807, 2.05) is 22.8 Å². The van der Waals surface area contributed by atoms with E-state index in [1.165, 1.54) is 5.56 Å². The van der Waals surface area contributed by atoms with Crippen molar-refractivity contribution in [3.8, 4) is 0 Å². The quantitative estimate of drug-likeness (QED) is 0.690. The van der Waals surface area contributed by atoms with Gasteiger partial charge in [-0.25, -0.2) is 4.98 Å². The van der Waals surface area contributed by atoms with Gasteiger partial charge in [0.05, 0.1) is 26.1 Å². The third-order valence-electron chi connectivity index (χ3n) is 3.92. The maximum atomic E-state index is 6.15. The van der Waals surface area contributed by atoms with Crippen molar-refractivity contribution in [3.05, 3.63) is 47.5 Å². The third-order valence-corrected chi connectivity index (χ3v) is 4.09. The zero-order valence-electron chi connectivity index (χ0n) is 12.5. The highest BCUT2D eigenvalue weighted by molar-refractivity contribution is 6.28. The van der Waals surface area contributed by atoms with E-state index >= 15 is 0 Å². The Kier molecular flexibility index (Phi) is 3.85. The van der Waals surface area contributed by atoms with Crippen LogP contribution in [0.4, 0.5) is 5.82 Å².